The molecule has 4 aliphatic rings. The molecule has 0 aromatic heterocycles. The molecule has 0 bridgehead atoms. The molecule has 1 fully saturated rings. The van der Waals surface area contributed by atoms with Crippen molar-refractivity contribution in [2.45, 2.75) is 52.4 Å². The number of fused-ring (bicyclic) bond motifs is 4. The highest BCUT2D eigenvalue weighted by molar-refractivity contribution is 5.93. The number of carbonyl (C=O) groups excluding carboxylic acids is 2. The largest absolute Gasteiger partial charge is 0.300 e. The normalized spacial score (nSPS) is 40.0. The number of allylic oxidation sites excluding steroid dienone is 6. The molecule has 4 atom stereocenters. The molecule has 0 aromatic carbocycles. The molecule has 22 heavy (non-hydrogen) atoms. The summed E-state index contributed by atoms with van der Waals surface area (Å²) in [6, 6.07) is 0. The lowest BCUT2D eigenvalue weighted by atomic mass is 9.59. The summed E-state index contributed by atoms with van der Waals surface area (Å²) in [7, 11) is 0. The van der Waals surface area contributed by atoms with Crippen molar-refractivity contribution < 1.29 is 9.59 Å². The van der Waals surface area contributed by atoms with E-state index in [1.165, 1.54) is 23.1 Å². The molecular weight excluding hydrogens is 272 g/mol. The molecule has 0 saturated heterocycles. The van der Waals surface area contributed by atoms with E-state index in [1.54, 1.807) is 6.92 Å². The average molecular weight is 296 g/mol. The van der Waals surface area contributed by atoms with E-state index in [0.717, 1.165) is 25.7 Å². The standard InChI is InChI=1S/C20H24O2/c1-12(21)18-7-8-19-17-5-3-13-11-14(22)4-6-15(13)16(17)9-10-20(18,19)2/h9-11,17-19H,3-8H2,1-2H3/t17-,18+,19-,20-/m1/s1. The molecule has 0 unspecified atom stereocenters. The Kier molecular flexibility index (Phi) is 3.08. The fraction of sp³-hybridized carbons (Fsp3) is 0.600. The molecule has 2 nitrogen and oxygen atoms in total. The Balaban J connectivity index is 1.79. The van der Waals surface area contributed by atoms with Gasteiger partial charge in [-0.2, -0.15) is 0 Å². The van der Waals surface area contributed by atoms with Gasteiger partial charge in [0.15, 0.2) is 5.78 Å². The zero-order chi connectivity index (χ0) is 15.5. The first-order valence-electron chi connectivity index (χ1n) is 8.67. The van der Waals surface area contributed by atoms with Crippen molar-refractivity contribution in [1.82, 2.24) is 0 Å². The van der Waals surface area contributed by atoms with Gasteiger partial charge in [0, 0.05) is 12.3 Å². The molecule has 0 spiro atoms. The van der Waals surface area contributed by atoms with Crippen molar-refractivity contribution in [2.24, 2.45) is 23.2 Å². The second-order valence-corrected chi connectivity index (χ2v) is 7.76. The van der Waals surface area contributed by atoms with Gasteiger partial charge in [-0.05, 0) is 79.1 Å². The van der Waals surface area contributed by atoms with Crippen LogP contribution in [-0.2, 0) is 9.59 Å². The van der Waals surface area contributed by atoms with Gasteiger partial charge in [-0.1, -0.05) is 19.1 Å². The summed E-state index contributed by atoms with van der Waals surface area (Å²) >= 11 is 0. The van der Waals surface area contributed by atoms with Gasteiger partial charge in [0.2, 0.25) is 0 Å². The number of hydrogen-bond donors (Lipinski definition) is 0. The van der Waals surface area contributed by atoms with E-state index >= 15 is 0 Å². The van der Waals surface area contributed by atoms with Crippen LogP contribution in [0.25, 0.3) is 0 Å². The maximum Gasteiger partial charge on any atom is 0.156 e. The van der Waals surface area contributed by atoms with Crippen molar-refractivity contribution in [1.29, 1.82) is 0 Å². The number of hydrogen-bond acceptors (Lipinski definition) is 2. The van der Waals surface area contributed by atoms with Crippen LogP contribution in [-0.4, -0.2) is 11.6 Å². The molecule has 0 heterocycles. The molecule has 4 rings (SSSR count). The van der Waals surface area contributed by atoms with Crippen LogP contribution in [0.1, 0.15) is 52.4 Å². The van der Waals surface area contributed by atoms with Crippen molar-refractivity contribution in [2.75, 3.05) is 0 Å². The van der Waals surface area contributed by atoms with E-state index in [-0.39, 0.29) is 11.3 Å². The van der Waals surface area contributed by atoms with Crippen LogP contribution in [0.4, 0.5) is 0 Å². The van der Waals surface area contributed by atoms with Gasteiger partial charge in [-0.3, -0.25) is 9.59 Å². The Hall–Kier alpha value is -1.44. The van der Waals surface area contributed by atoms with Crippen LogP contribution < -0.4 is 0 Å². The minimum absolute atomic E-state index is 0.0479. The zero-order valence-corrected chi connectivity index (χ0v) is 13.5. The molecule has 0 N–H and O–H groups in total. The summed E-state index contributed by atoms with van der Waals surface area (Å²) in [5.74, 6) is 2.04. The van der Waals surface area contributed by atoms with E-state index in [4.69, 9.17) is 0 Å². The first kappa shape index (κ1) is 14.2. The van der Waals surface area contributed by atoms with E-state index < -0.39 is 0 Å². The lowest BCUT2D eigenvalue weighted by Gasteiger charge is -2.45. The van der Waals surface area contributed by atoms with Crippen molar-refractivity contribution in [3.8, 4) is 0 Å². The van der Waals surface area contributed by atoms with Crippen molar-refractivity contribution >= 4 is 11.6 Å². The van der Waals surface area contributed by atoms with Crippen LogP contribution >= 0.6 is 0 Å². The topological polar surface area (TPSA) is 34.1 Å². The highest BCUT2D eigenvalue weighted by atomic mass is 16.1. The van der Waals surface area contributed by atoms with Gasteiger partial charge in [0.1, 0.15) is 5.78 Å². The van der Waals surface area contributed by atoms with Crippen LogP contribution in [0.15, 0.2) is 34.9 Å². The van der Waals surface area contributed by atoms with Gasteiger partial charge in [0.05, 0.1) is 0 Å². The molecule has 0 aromatic rings. The highest BCUT2D eigenvalue weighted by Crippen LogP contribution is 2.59. The summed E-state index contributed by atoms with van der Waals surface area (Å²) in [5, 5.41) is 0. The van der Waals surface area contributed by atoms with E-state index in [0.29, 0.717) is 29.8 Å². The van der Waals surface area contributed by atoms with Gasteiger partial charge >= 0.3 is 0 Å². The maximum absolute atomic E-state index is 12.0. The van der Waals surface area contributed by atoms with Gasteiger partial charge in [-0.25, -0.2) is 0 Å². The lowest BCUT2D eigenvalue weighted by Crippen LogP contribution is -2.38. The first-order chi connectivity index (χ1) is 10.5. The highest BCUT2D eigenvalue weighted by Gasteiger charge is 2.52. The number of rotatable bonds is 1. The van der Waals surface area contributed by atoms with Crippen LogP contribution in [0, 0.1) is 23.2 Å². The third-order valence-electron chi connectivity index (χ3n) is 6.73. The minimum atomic E-state index is 0.0479. The predicted molar refractivity (Wildman–Crippen MR) is 86.2 cm³/mol. The average Bonchev–Trinajstić information content (AvgIpc) is 2.84. The van der Waals surface area contributed by atoms with Gasteiger partial charge in [0.25, 0.3) is 0 Å². The maximum atomic E-state index is 12.0. The SMILES string of the molecule is CC(=O)[C@@H]1CC[C@@H]2[C@@H]3CCC4=CC(=O)CCC4=C3C=C[C@@]21C. The molecule has 0 aliphatic heterocycles. The third kappa shape index (κ3) is 1.85. The second kappa shape index (κ2) is 4.78. The number of carbonyl (C=O) groups is 2. The van der Waals surface area contributed by atoms with E-state index in [1.807, 2.05) is 6.08 Å². The summed E-state index contributed by atoms with van der Waals surface area (Å²) < 4.78 is 0. The predicted octanol–water partition coefficient (Wildman–Crippen LogP) is 4.17. The molecule has 0 amide bonds. The summed E-state index contributed by atoms with van der Waals surface area (Å²) in [6.45, 7) is 4.05. The van der Waals surface area contributed by atoms with Gasteiger partial charge in [-0.15, -0.1) is 0 Å². The Bertz CT molecular complexity index is 649. The third-order valence-corrected chi connectivity index (χ3v) is 6.73. The smallest absolute Gasteiger partial charge is 0.156 e. The number of Topliss-reactive ketones (excluding diaryl/α,β-unsaturated/α-hetero) is 1. The van der Waals surface area contributed by atoms with Crippen LogP contribution in [0.5, 0.6) is 0 Å². The number of ketones is 2. The Labute approximate surface area is 132 Å². The quantitative estimate of drug-likeness (QED) is 0.727. The molecule has 4 aliphatic carbocycles. The second-order valence-electron chi connectivity index (χ2n) is 7.76. The minimum Gasteiger partial charge on any atom is -0.300 e. The van der Waals surface area contributed by atoms with Crippen LogP contribution in [0.2, 0.25) is 0 Å². The van der Waals surface area contributed by atoms with Crippen LogP contribution in [0.3, 0.4) is 0 Å². The molecular formula is C20H24O2. The summed E-state index contributed by atoms with van der Waals surface area (Å²) in [5.41, 5.74) is 4.26. The van der Waals surface area contributed by atoms with Gasteiger partial charge < -0.3 is 0 Å². The first-order valence-corrected chi connectivity index (χ1v) is 8.67. The molecule has 1 saturated carbocycles. The lowest BCUT2D eigenvalue weighted by molar-refractivity contribution is -0.123. The van der Waals surface area contributed by atoms with Crippen molar-refractivity contribution in [3.05, 3.63) is 34.9 Å². The molecule has 0 radical (unpaired) electrons. The summed E-state index contributed by atoms with van der Waals surface area (Å²) in [4.78, 5) is 23.7. The van der Waals surface area contributed by atoms with E-state index in [9.17, 15) is 9.59 Å². The van der Waals surface area contributed by atoms with Crippen molar-refractivity contribution in [3.63, 3.8) is 0 Å². The molecule has 2 heteroatoms. The Morgan fingerprint density at radius 3 is 2.77 bits per heavy atom. The Morgan fingerprint density at radius 1 is 1.18 bits per heavy atom. The Morgan fingerprint density at radius 2 is 2.00 bits per heavy atom. The fourth-order valence-electron chi connectivity index (χ4n) is 5.66. The van der Waals surface area contributed by atoms with E-state index in [2.05, 4.69) is 19.1 Å². The monoisotopic (exact) mass is 296 g/mol. The zero-order valence-electron chi connectivity index (χ0n) is 13.5. The summed E-state index contributed by atoms with van der Waals surface area (Å²) in [6.07, 6.45) is 12.5. The fourth-order valence-corrected chi connectivity index (χ4v) is 5.66. The molecule has 116 valence electrons.